The SMILES string of the molecule is CCC(C)(CNC(=O)c1cc(Cl)c(N)c(Cl)c1)C(=O)O. The lowest BCUT2D eigenvalue weighted by molar-refractivity contribution is -0.147. The van der Waals surface area contributed by atoms with Crippen LogP contribution in [0.15, 0.2) is 12.1 Å². The molecule has 0 fully saturated rings. The summed E-state index contributed by atoms with van der Waals surface area (Å²) in [5.41, 5.74) is 5.00. The molecule has 110 valence electrons. The van der Waals surface area contributed by atoms with Gasteiger partial charge in [0.15, 0.2) is 0 Å². The number of nitrogens with two attached hydrogens (primary N) is 1. The molecule has 7 heteroatoms. The minimum atomic E-state index is -1.02. The molecule has 0 aliphatic rings. The minimum Gasteiger partial charge on any atom is -0.481 e. The largest absolute Gasteiger partial charge is 0.481 e. The average Bonchev–Trinajstić information content (AvgIpc) is 2.40. The summed E-state index contributed by atoms with van der Waals surface area (Å²) < 4.78 is 0. The molecule has 0 saturated carbocycles. The van der Waals surface area contributed by atoms with E-state index in [1.807, 2.05) is 0 Å². The van der Waals surface area contributed by atoms with Crippen molar-refractivity contribution in [2.24, 2.45) is 5.41 Å². The van der Waals surface area contributed by atoms with Crippen LogP contribution in [-0.2, 0) is 4.79 Å². The number of carbonyl (C=O) groups excluding carboxylic acids is 1. The monoisotopic (exact) mass is 318 g/mol. The lowest BCUT2D eigenvalue weighted by Crippen LogP contribution is -2.40. The first-order valence-corrected chi connectivity index (χ1v) is 6.73. The molecule has 0 aliphatic heterocycles. The fourth-order valence-corrected chi connectivity index (χ4v) is 1.93. The molecule has 20 heavy (non-hydrogen) atoms. The summed E-state index contributed by atoms with van der Waals surface area (Å²) in [6.07, 6.45) is 0.395. The number of carboxylic acids is 1. The highest BCUT2D eigenvalue weighted by Gasteiger charge is 2.31. The first-order chi connectivity index (χ1) is 9.21. The van der Waals surface area contributed by atoms with Crippen LogP contribution in [0.5, 0.6) is 0 Å². The number of amides is 1. The van der Waals surface area contributed by atoms with Crippen LogP contribution in [0.2, 0.25) is 10.0 Å². The van der Waals surface area contributed by atoms with Crippen molar-refractivity contribution in [3.63, 3.8) is 0 Å². The van der Waals surface area contributed by atoms with Gasteiger partial charge in [0.2, 0.25) is 0 Å². The number of rotatable bonds is 5. The van der Waals surface area contributed by atoms with Gasteiger partial charge in [-0.05, 0) is 25.5 Å². The Morgan fingerprint density at radius 1 is 1.35 bits per heavy atom. The smallest absolute Gasteiger partial charge is 0.311 e. The van der Waals surface area contributed by atoms with Crippen LogP contribution in [0, 0.1) is 5.41 Å². The van der Waals surface area contributed by atoms with Crippen molar-refractivity contribution in [3.05, 3.63) is 27.7 Å². The third kappa shape index (κ3) is 3.55. The van der Waals surface area contributed by atoms with Gasteiger partial charge < -0.3 is 16.2 Å². The summed E-state index contributed by atoms with van der Waals surface area (Å²) in [4.78, 5) is 23.1. The van der Waals surface area contributed by atoms with E-state index < -0.39 is 17.3 Å². The predicted octanol–water partition coefficient (Wildman–Crippen LogP) is 2.81. The number of anilines is 1. The number of aliphatic carboxylic acids is 1. The van der Waals surface area contributed by atoms with Crippen LogP contribution in [0.1, 0.15) is 30.6 Å². The van der Waals surface area contributed by atoms with Crippen LogP contribution in [0.25, 0.3) is 0 Å². The van der Waals surface area contributed by atoms with Gasteiger partial charge in [-0.15, -0.1) is 0 Å². The van der Waals surface area contributed by atoms with Gasteiger partial charge in [-0.3, -0.25) is 9.59 Å². The second-order valence-corrected chi connectivity index (χ2v) is 5.57. The molecule has 0 bridgehead atoms. The number of hydrogen-bond acceptors (Lipinski definition) is 3. The number of nitrogens with one attached hydrogen (secondary N) is 1. The Morgan fingerprint density at radius 3 is 2.25 bits per heavy atom. The Labute approximate surface area is 127 Å². The van der Waals surface area contributed by atoms with E-state index in [0.717, 1.165) is 0 Å². The van der Waals surface area contributed by atoms with Gasteiger partial charge in [-0.25, -0.2) is 0 Å². The zero-order valence-corrected chi connectivity index (χ0v) is 12.7. The van der Waals surface area contributed by atoms with Crippen molar-refractivity contribution in [1.82, 2.24) is 5.32 Å². The van der Waals surface area contributed by atoms with Crippen LogP contribution >= 0.6 is 23.2 Å². The summed E-state index contributed by atoms with van der Waals surface area (Å²) in [7, 11) is 0. The normalized spacial score (nSPS) is 13.6. The number of halogens is 2. The molecule has 0 spiro atoms. The van der Waals surface area contributed by atoms with E-state index in [9.17, 15) is 9.59 Å². The molecule has 0 radical (unpaired) electrons. The second-order valence-electron chi connectivity index (χ2n) is 4.76. The molecule has 0 heterocycles. The fraction of sp³-hybridized carbons (Fsp3) is 0.385. The van der Waals surface area contributed by atoms with E-state index in [1.54, 1.807) is 13.8 Å². The number of hydrogen-bond donors (Lipinski definition) is 3. The molecule has 1 rings (SSSR count). The highest BCUT2D eigenvalue weighted by molar-refractivity contribution is 6.39. The van der Waals surface area contributed by atoms with Crippen molar-refractivity contribution in [2.45, 2.75) is 20.3 Å². The quantitative estimate of drug-likeness (QED) is 0.728. The summed E-state index contributed by atoms with van der Waals surface area (Å²) in [5, 5.41) is 12.1. The number of nitrogen functional groups attached to an aromatic ring is 1. The molecule has 4 N–H and O–H groups in total. The van der Waals surface area contributed by atoms with Gasteiger partial charge >= 0.3 is 5.97 Å². The van der Waals surface area contributed by atoms with E-state index in [2.05, 4.69) is 5.32 Å². The molecule has 1 atom stereocenters. The Morgan fingerprint density at radius 2 is 1.85 bits per heavy atom. The minimum absolute atomic E-state index is 0.0112. The molecule has 1 aromatic rings. The van der Waals surface area contributed by atoms with Crippen molar-refractivity contribution >= 4 is 40.8 Å². The Balaban J connectivity index is 2.85. The van der Waals surface area contributed by atoms with Gasteiger partial charge in [0.1, 0.15) is 0 Å². The van der Waals surface area contributed by atoms with Crippen molar-refractivity contribution < 1.29 is 14.7 Å². The maximum absolute atomic E-state index is 12.0. The maximum Gasteiger partial charge on any atom is 0.311 e. The zero-order chi connectivity index (χ0) is 15.5. The first-order valence-electron chi connectivity index (χ1n) is 5.97. The molecule has 1 unspecified atom stereocenters. The van der Waals surface area contributed by atoms with Crippen molar-refractivity contribution in [2.75, 3.05) is 12.3 Å². The Bertz CT molecular complexity index is 525. The van der Waals surface area contributed by atoms with Crippen molar-refractivity contribution in [1.29, 1.82) is 0 Å². The summed E-state index contributed by atoms with van der Waals surface area (Å²) >= 11 is 11.7. The lowest BCUT2D eigenvalue weighted by Gasteiger charge is -2.23. The fourth-order valence-electron chi connectivity index (χ4n) is 1.44. The average molecular weight is 319 g/mol. The molecule has 1 amide bonds. The Hall–Kier alpha value is -1.46. The molecular weight excluding hydrogens is 303 g/mol. The van der Waals surface area contributed by atoms with Gasteiger partial charge in [0, 0.05) is 12.1 Å². The van der Waals surface area contributed by atoms with E-state index >= 15 is 0 Å². The summed E-state index contributed by atoms with van der Waals surface area (Å²) in [5.74, 6) is -1.41. The third-order valence-corrected chi connectivity index (χ3v) is 3.90. The van der Waals surface area contributed by atoms with E-state index in [-0.39, 0.29) is 27.8 Å². The van der Waals surface area contributed by atoms with Crippen molar-refractivity contribution in [3.8, 4) is 0 Å². The van der Waals surface area contributed by atoms with Gasteiger partial charge in [0.05, 0.1) is 21.1 Å². The summed E-state index contributed by atoms with van der Waals surface area (Å²) in [6.45, 7) is 3.33. The van der Waals surface area contributed by atoms with Crippen LogP contribution in [0.3, 0.4) is 0 Å². The topological polar surface area (TPSA) is 92.4 Å². The highest BCUT2D eigenvalue weighted by atomic mass is 35.5. The zero-order valence-electron chi connectivity index (χ0n) is 11.2. The van der Waals surface area contributed by atoms with E-state index in [0.29, 0.717) is 6.42 Å². The second kappa shape index (κ2) is 6.33. The molecule has 0 aromatic heterocycles. The maximum atomic E-state index is 12.0. The summed E-state index contributed by atoms with van der Waals surface area (Å²) in [6, 6.07) is 2.78. The molecule has 5 nitrogen and oxygen atoms in total. The number of benzene rings is 1. The first kappa shape index (κ1) is 16.6. The highest BCUT2D eigenvalue weighted by Crippen LogP contribution is 2.29. The van der Waals surface area contributed by atoms with Gasteiger partial charge in [-0.1, -0.05) is 30.1 Å². The molecule has 0 aliphatic carbocycles. The molecular formula is C13H16Cl2N2O3. The van der Waals surface area contributed by atoms with Crippen LogP contribution in [-0.4, -0.2) is 23.5 Å². The molecule has 0 saturated heterocycles. The van der Waals surface area contributed by atoms with Crippen LogP contribution in [0.4, 0.5) is 5.69 Å². The van der Waals surface area contributed by atoms with Crippen LogP contribution < -0.4 is 11.1 Å². The number of carboxylic acid groups (broad SMARTS) is 1. The molecule has 1 aromatic carbocycles. The predicted molar refractivity (Wildman–Crippen MR) is 79.2 cm³/mol. The third-order valence-electron chi connectivity index (χ3n) is 3.28. The van der Waals surface area contributed by atoms with Gasteiger partial charge in [-0.2, -0.15) is 0 Å². The van der Waals surface area contributed by atoms with E-state index in [4.69, 9.17) is 34.0 Å². The number of carbonyl (C=O) groups is 2. The standard InChI is InChI=1S/C13H16Cl2N2O3/c1-3-13(2,12(19)20)6-17-11(18)7-4-8(14)10(16)9(15)5-7/h4-5H,3,6,16H2,1-2H3,(H,17,18)(H,19,20). The van der Waals surface area contributed by atoms with Gasteiger partial charge in [0.25, 0.3) is 5.91 Å². The van der Waals surface area contributed by atoms with E-state index in [1.165, 1.54) is 12.1 Å². The Kier molecular flexibility index (Phi) is 5.25. The lowest BCUT2D eigenvalue weighted by atomic mass is 9.87.